The zero-order valence-corrected chi connectivity index (χ0v) is 17.7. The number of benzene rings is 1. The third-order valence-electron chi connectivity index (χ3n) is 4.80. The molecule has 4 N–H and O–H groups in total. The fraction of sp³-hybridized carbons (Fsp3) is 0.333. The number of nitrogens with one attached hydrogen (secondary N) is 1. The molecule has 11 heteroatoms. The van der Waals surface area contributed by atoms with Crippen LogP contribution in [0.1, 0.15) is 25.3 Å². The second-order valence-corrected chi connectivity index (χ2v) is 7.22. The normalized spacial score (nSPS) is 11.2. The smallest absolute Gasteiger partial charge is 0.328 e. The number of aliphatic hydroxyl groups is 1. The van der Waals surface area contributed by atoms with Gasteiger partial charge in [-0.2, -0.15) is 15.1 Å². The van der Waals surface area contributed by atoms with Crippen molar-refractivity contribution in [1.29, 1.82) is 0 Å². The Balaban J connectivity index is 1.52. The van der Waals surface area contributed by atoms with Crippen LogP contribution in [-0.2, 0) is 13.1 Å². The minimum atomic E-state index is -0.330. The first-order chi connectivity index (χ1) is 15.6. The molecule has 4 rings (SSSR count). The molecule has 1 aromatic carbocycles. The number of hydrogen-bond acceptors (Lipinski definition) is 8. The van der Waals surface area contributed by atoms with Crippen LogP contribution in [-0.4, -0.2) is 47.6 Å². The summed E-state index contributed by atoms with van der Waals surface area (Å²) in [5, 5.41) is 13.1. The maximum Gasteiger partial charge on any atom is 0.328 e. The van der Waals surface area contributed by atoms with Crippen LogP contribution in [0.3, 0.4) is 0 Å². The topological polar surface area (TPSA) is 146 Å². The van der Waals surface area contributed by atoms with Crippen LogP contribution in [0.2, 0.25) is 0 Å². The standard InChI is InChI=1S/C21H25N7O4/c1-2-3-10-31-20-25-18(22)17-19(26-20)28(21(30)24-17)12-14-4-6-15(7-5-14)32-16-11-23-27(13-16)8-9-29/h4-7,11,13,29H,2-3,8-10,12H2,1H3,(H,24,30)(H2,22,25,26). The van der Waals surface area contributed by atoms with Crippen molar-refractivity contribution in [3.63, 3.8) is 0 Å². The van der Waals surface area contributed by atoms with Crippen LogP contribution in [0.5, 0.6) is 17.5 Å². The van der Waals surface area contributed by atoms with Crippen molar-refractivity contribution in [2.45, 2.75) is 32.9 Å². The lowest BCUT2D eigenvalue weighted by atomic mass is 10.2. The molecule has 0 aliphatic heterocycles. The van der Waals surface area contributed by atoms with E-state index in [-0.39, 0.29) is 24.1 Å². The fourth-order valence-corrected chi connectivity index (χ4v) is 3.15. The van der Waals surface area contributed by atoms with Gasteiger partial charge in [-0.05, 0) is 24.1 Å². The van der Waals surface area contributed by atoms with Gasteiger partial charge in [0.25, 0.3) is 0 Å². The SMILES string of the molecule is CCCCOc1nc(N)c2[nH]c(=O)n(Cc3ccc(Oc4cnn(CCO)c4)cc3)c2n1. The molecule has 3 aromatic heterocycles. The quantitative estimate of drug-likeness (QED) is 0.318. The number of imidazole rings is 1. The van der Waals surface area contributed by atoms with Gasteiger partial charge < -0.3 is 25.3 Å². The largest absolute Gasteiger partial charge is 0.463 e. The van der Waals surface area contributed by atoms with Crippen molar-refractivity contribution < 1.29 is 14.6 Å². The molecule has 0 aliphatic carbocycles. The number of nitrogen functional groups attached to an aromatic ring is 1. The maximum atomic E-state index is 12.5. The molecule has 0 atom stereocenters. The minimum Gasteiger partial charge on any atom is -0.463 e. The predicted molar refractivity (Wildman–Crippen MR) is 118 cm³/mol. The summed E-state index contributed by atoms with van der Waals surface area (Å²) in [7, 11) is 0. The summed E-state index contributed by atoms with van der Waals surface area (Å²) in [6, 6.07) is 7.49. The Kier molecular flexibility index (Phi) is 6.36. The van der Waals surface area contributed by atoms with E-state index in [1.54, 1.807) is 29.2 Å². The molecule has 0 amide bonds. The number of H-pyrrole nitrogens is 1. The van der Waals surface area contributed by atoms with Gasteiger partial charge in [0, 0.05) is 0 Å². The predicted octanol–water partition coefficient (Wildman–Crippen LogP) is 1.91. The van der Waals surface area contributed by atoms with Crippen LogP contribution >= 0.6 is 0 Å². The number of ether oxygens (including phenoxy) is 2. The Hall–Kier alpha value is -3.86. The highest BCUT2D eigenvalue weighted by Crippen LogP contribution is 2.22. The van der Waals surface area contributed by atoms with Crippen molar-refractivity contribution >= 4 is 17.0 Å². The van der Waals surface area contributed by atoms with Gasteiger partial charge >= 0.3 is 11.7 Å². The molecule has 32 heavy (non-hydrogen) atoms. The minimum absolute atomic E-state index is 0.00590. The molecule has 3 heterocycles. The molecule has 0 bridgehead atoms. The highest BCUT2D eigenvalue weighted by molar-refractivity contribution is 5.81. The highest BCUT2D eigenvalue weighted by Gasteiger charge is 2.15. The Morgan fingerprint density at radius 2 is 2.00 bits per heavy atom. The zero-order chi connectivity index (χ0) is 22.5. The van der Waals surface area contributed by atoms with Gasteiger partial charge in [0.15, 0.2) is 17.2 Å². The van der Waals surface area contributed by atoms with E-state index in [2.05, 4.69) is 27.0 Å². The van der Waals surface area contributed by atoms with E-state index in [4.69, 9.17) is 20.3 Å². The van der Waals surface area contributed by atoms with Crippen molar-refractivity contribution in [2.24, 2.45) is 0 Å². The summed E-state index contributed by atoms with van der Waals surface area (Å²) in [5.74, 6) is 1.37. The van der Waals surface area contributed by atoms with Gasteiger partial charge in [-0.25, -0.2) is 4.79 Å². The number of aromatic amines is 1. The molecule has 0 aliphatic rings. The third kappa shape index (κ3) is 4.72. The van der Waals surface area contributed by atoms with Crippen LogP contribution in [0, 0.1) is 0 Å². The van der Waals surface area contributed by atoms with Crippen molar-refractivity contribution in [1.82, 2.24) is 29.3 Å². The van der Waals surface area contributed by atoms with Crippen LogP contribution in [0.4, 0.5) is 5.82 Å². The third-order valence-corrected chi connectivity index (χ3v) is 4.80. The first kappa shape index (κ1) is 21.4. The van der Waals surface area contributed by atoms with Gasteiger partial charge in [-0.1, -0.05) is 25.5 Å². The average molecular weight is 439 g/mol. The molecule has 0 radical (unpaired) electrons. The number of hydrogen-bond donors (Lipinski definition) is 3. The number of anilines is 1. The summed E-state index contributed by atoms with van der Waals surface area (Å²) >= 11 is 0. The molecule has 0 saturated carbocycles. The number of fused-ring (bicyclic) bond motifs is 1. The molecule has 4 aromatic rings. The first-order valence-corrected chi connectivity index (χ1v) is 10.4. The summed E-state index contributed by atoms with van der Waals surface area (Å²) < 4.78 is 14.4. The Bertz CT molecular complexity index is 1240. The zero-order valence-electron chi connectivity index (χ0n) is 17.7. The number of aromatic nitrogens is 6. The van der Waals surface area contributed by atoms with E-state index in [9.17, 15) is 4.79 Å². The fourth-order valence-electron chi connectivity index (χ4n) is 3.15. The summed E-state index contributed by atoms with van der Waals surface area (Å²) in [4.78, 5) is 23.7. The Labute approximate surface area is 183 Å². The second-order valence-electron chi connectivity index (χ2n) is 7.22. The van der Waals surface area contributed by atoms with E-state index in [1.807, 2.05) is 12.1 Å². The number of unbranched alkanes of at least 4 members (excludes halogenated alkanes) is 1. The van der Waals surface area contributed by atoms with Crippen LogP contribution in [0.25, 0.3) is 11.2 Å². The molecule has 0 spiro atoms. The monoisotopic (exact) mass is 439 g/mol. The van der Waals surface area contributed by atoms with Crippen molar-refractivity contribution in [2.75, 3.05) is 18.9 Å². The van der Waals surface area contributed by atoms with Crippen LogP contribution < -0.4 is 20.9 Å². The second kappa shape index (κ2) is 9.52. The molecule has 11 nitrogen and oxygen atoms in total. The van der Waals surface area contributed by atoms with Crippen LogP contribution in [0.15, 0.2) is 41.5 Å². The number of aliphatic hydroxyl groups excluding tert-OH is 1. The van der Waals surface area contributed by atoms with Gasteiger partial charge in [0.1, 0.15) is 11.3 Å². The summed E-state index contributed by atoms with van der Waals surface area (Å²) in [5.41, 5.74) is 7.33. The van der Waals surface area contributed by atoms with Gasteiger partial charge in [0.05, 0.1) is 38.7 Å². The number of rotatable bonds is 10. The van der Waals surface area contributed by atoms with Gasteiger partial charge in [0.2, 0.25) is 0 Å². The van der Waals surface area contributed by atoms with E-state index in [1.165, 1.54) is 4.57 Å². The first-order valence-electron chi connectivity index (χ1n) is 10.4. The van der Waals surface area contributed by atoms with E-state index < -0.39 is 0 Å². The lowest BCUT2D eigenvalue weighted by Crippen LogP contribution is -2.17. The van der Waals surface area contributed by atoms with Gasteiger partial charge in [-0.3, -0.25) is 9.25 Å². The molecule has 0 unspecified atom stereocenters. The number of nitrogens with two attached hydrogens (primary N) is 1. The van der Waals surface area contributed by atoms with E-state index >= 15 is 0 Å². The number of nitrogens with zero attached hydrogens (tertiary/aromatic N) is 5. The Morgan fingerprint density at radius 3 is 2.75 bits per heavy atom. The summed E-state index contributed by atoms with van der Waals surface area (Å²) in [6.07, 6.45) is 5.15. The molecule has 0 fully saturated rings. The molecular formula is C21H25N7O4. The lowest BCUT2D eigenvalue weighted by molar-refractivity contribution is 0.269. The maximum absolute atomic E-state index is 12.5. The van der Waals surface area contributed by atoms with Gasteiger partial charge in [-0.15, -0.1) is 0 Å². The summed E-state index contributed by atoms with van der Waals surface area (Å²) in [6.45, 7) is 3.24. The molecule has 168 valence electrons. The molecule has 0 saturated heterocycles. The van der Waals surface area contributed by atoms with E-state index in [0.29, 0.717) is 42.4 Å². The lowest BCUT2D eigenvalue weighted by Gasteiger charge is -2.08. The van der Waals surface area contributed by atoms with E-state index in [0.717, 1.165) is 18.4 Å². The van der Waals surface area contributed by atoms with Crippen molar-refractivity contribution in [3.8, 4) is 17.5 Å². The van der Waals surface area contributed by atoms with Crippen molar-refractivity contribution in [3.05, 3.63) is 52.7 Å². The Morgan fingerprint density at radius 1 is 1.19 bits per heavy atom. The average Bonchev–Trinajstić information content (AvgIpc) is 3.35. The molecular weight excluding hydrogens is 414 g/mol. The highest BCUT2D eigenvalue weighted by atomic mass is 16.5.